The number of hydrogen-bond acceptors (Lipinski definition) is 14. The minimum absolute atomic E-state index is 0.0199. The SMILES string of the molecule is CN(CC=CC(=O)Nc1ccc(C(=O)Nc2cccc(Nc3ncc(Cl)c(-c4ccc5ccn(C)c5n4)n3)c2)cc1)Cc1ccc2c(-c3nc(Nc4cccc(NS(=O)(=O)c5ccc(NC(=O)C=CCO)cc5)c4)ncc3Cl)c[nH]c2c1. The van der Waals surface area contributed by atoms with Crippen molar-refractivity contribution in [2.75, 3.05) is 51.5 Å². The van der Waals surface area contributed by atoms with Crippen LogP contribution >= 0.6 is 23.2 Å². The van der Waals surface area contributed by atoms with Crippen LogP contribution in [0.3, 0.4) is 0 Å². The van der Waals surface area contributed by atoms with Gasteiger partial charge in [-0.1, -0.05) is 59.6 Å². The topological polar surface area (TPSA) is 266 Å². The van der Waals surface area contributed by atoms with E-state index in [-0.39, 0.29) is 35.0 Å². The van der Waals surface area contributed by atoms with E-state index in [0.29, 0.717) is 80.2 Å². The first-order valence-corrected chi connectivity index (χ1v) is 27.5. The highest BCUT2D eigenvalue weighted by Gasteiger charge is 2.18. The third-order valence-electron chi connectivity index (χ3n) is 12.6. The minimum Gasteiger partial charge on any atom is -0.392 e. The number of pyridine rings is 1. The number of anilines is 8. The van der Waals surface area contributed by atoms with Crippen molar-refractivity contribution in [2.45, 2.75) is 11.4 Å². The van der Waals surface area contributed by atoms with Crippen molar-refractivity contribution >= 4 is 119 Å². The highest BCUT2D eigenvalue weighted by Crippen LogP contribution is 2.34. The van der Waals surface area contributed by atoms with Gasteiger partial charge in [0.05, 0.1) is 51.0 Å². The summed E-state index contributed by atoms with van der Waals surface area (Å²) in [5.41, 5.74) is 8.25. The molecule has 0 bridgehead atoms. The number of aryl methyl sites for hydroxylation is 1. The van der Waals surface area contributed by atoms with Crippen molar-refractivity contribution in [3.05, 3.63) is 204 Å². The monoisotopic (exact) mass is 1150 g/mol. The molecule has 5 aromatic carbocycles. The van der Waals surface area contributed by atoms with Crippen molar-refractivity contribution in [2.24, 2.45) is 7.05 Å². The Balaban J connectivity index is 0.691. The number of nitrogens with zero attached hydrogens (tertiary/aromatic N) is 7. The summed E-state index contributed by atoms with van der Waals surface area (Å²) in [5.74, 6) is -0.594. The number of aromatic nitrogens is 7. The quantitative estimate of drug-likeness (QED) is 0.0330. The molecule has 412 valence electrons. The van der Waals surface area contributed by atoms with Crippen LogP contribution < -0.4 is 31.3 Å². The second-order valence-electron chi connectivity index (χ2n) is 18.6. The Morgan fingerprint density at radius 3 is 2.00 bits per heavy atom. The average Bonchev–Trinajstić information content (AvgIpc) is 4.24. The maximum Gasteiger partial charge on any atom is 0.261 e. The van der Waals surface area contributed by atoms with E-state index in [1.165, 1.54) is 54.9 Å². The molecule has 0 saturated heterocycles. The zero-order chi connectivity index (χ0) is 57.3. The molecule has 82 heavy (non-hydrogen) atoms. The Hall–Kier alpha value is -9.77. The number of aliphatic hydroxyl groups excluding tert-OH is 1. The minimum atomic E-state index is -4.00. The highest BCUT2D eigenvalue weighted by atomic mass is 35.5. The maximum absolute atomic E-state index is 13.3. The van der Waals surface area contributed by atoms with Crippen molar-refractivity contribution in [3.8, 4) is 22.6 Å². The normalized spacial score (nSPS) is 11.6. The third kappa shape index (κ3) is 13.6. The molecule has 0 aliphatic heterocycles. The number of aromatic amines is 1. The van der Waals surface area contributed by atoms with E-state index in [1.54, 1.807) is 72.8 Å². The van der Waals surface area contributed by atoms with E-state index in [0.717, 1.165) is 33.1 Å². The van der Waals surface area contributed by atoms with Crippen LogP contribution in [-0.2, 0) is 33.2 Å². The molecule has 3 amide bonds. The van der Waals surface area contributed by atoms with Crippen LogP contribution in [0.1, 0.15) is 15.9 Å². The predicted octanol–water partition coefficient (Wildman–Crippen LogP) is 10.9. The molecule has 0 spiro atoms. The Bertz CT molecular complexity index is 4210. The number of carbonyl (C=O) groups excluding carboxylic acids is 3. The van der Waals surface area contributed by atoms with Crippen LogP contribution in [0.15, 0.2) is 187 Å². The number of benzene rings is 5. The van der Waals surface area contributed by atoms with Crippen molar-refractivity contribution in [1.29, 1.82) is 0 Å². The second kappa shape index (κ2) is 24.7. The number of nitrogens with one attached hydrogen (secondary N) is 7. The van der Waals surface area contributed by atoms with Crippen molar-refractivity contribution in [3.63, 3.8) is 0 Å². The summed E-state index contributed by atoms with van der Waals surface area (Å²) in [4.78, 5) is 66.3. The maximum atomic E-state index is 13.3. The van der Waals surface area contributed by atoms with Gasteiger partial charge in [0.25, 0.3) is 15.9 Å². The lowest BCUT2D eigenvalue weighted by atomic mass is 10.1. The van der Waals surface area contributed by atoms with Crippen molar-refractivity contribution < 1.29 is 27.9 Å². The van der Waals surface area contributed by atoms with Crippen molar-refractivity contribution in [1.82, 2.24) is 39.4 Å². The molecule has 5 aromatic heterocycles. The number of H-pyrrole nitrogens is 1. The lowest BCUT2D eigenvalue weighted by Gasteiger charge is -2.14. The lowest BCUT2D eigenvalue weighted by Crippen LogP contribution is -2.18. The van der Waals surface area contributed by atoms with Gasteiger partial charge in [0, 0.05) is 101 Å². The van der Waals surface area contributed by atoms with Crippen LogP contribution in [0, 0.1) is 0 Å². The summed E-state index contributed by atoms with van der Waals surface area (Å²) in [7, 11) is -0.131. The van der Waals surface area contributed by atoms with Crippen LogP contribution in [-0.4, -0.2) is 90.8 Å². The number of carbonyl (C=O) groups is 3. The number of likely N-dealkylation sites (N-methyl/N-ethyl adjacent to an activating group) is 1. The average molecular weight is 1150 g/mol. The zero-order valence-electron chi connectivity index (χ0n) is 43.7. The van der Waals surface area contributed by atoms with Gasteiger partial charge < -0.3 is 41.2 Å². The number of hydrogen-bond donors (Lipinski definition) is 8. The number of halogens is 2. The Kier molecular flexibility index (Phi) is 16.7. The van der Waals surface area contributed by atoms with Gasteiger partial charge in [0.15, 0.2) is 0 Å². The Morgan fingerprint density at radius 2 is 1.30 bits per heavy atom. The van der Waals surface area contributed by atoms with E-state index in [1.807, 2.05) is 73.5 Å². The van der Waals surface area contributed by atoms with Gasteiger partial charge in [0.2, 0.25) is 23.7 Å². The molecule has 10 rings (SSSR count). The first kappa shape index (κ1) is 55.5. The molecule has 0 unspecified atom stereocenters. The van der Waals surface area contributed by atoms with Gasteiger partial charge in [-0.3, -0.25) is 24.0 Å². The molecular formula is C59H50Cl2N14O6S. The largest absolute Gasteiger partial charge is 0.392 e. The van der Waals surface area contributed by atoms with Gasteiger partial charge >= 0.3 is 0 Å². The molecule has 0 fully saturated rings. The molecule has 0 saturated carbocycles. The molecule has 20 nitrogen and oxygen atoms in total. The van der Waals surface area contributed by atoms with Gasteiger partial charge in [0.1, 0.15) is 11.3 Å². The van der Waals surface area contributed by atoms with E-state index in [9.17, 15) is 22.8 Å². The predicted molar refractivity (Wildman–Crippen MR) is 321 cm³/mol. The van der Waals surface area contributed by atoms with Crippen LogP contribution in [0.4, 0.5) is 46.0 Å². The second-order valence-corrected chi connectivity index (χ2v) is 21.1. The third-order valence-corrected chi connectivity index (χ3v) is 14.5. The fraction of sp³-hybridized carbons (Fsp3) is 0.0847. The molecule has 0 atom stereocenters. The van der Waals surface area contributed by atoms with Gasteiger partial charge in [-0.05, 0) is 122 Å². The number of fused-ring (bicyclic) bond motifs is 2. The molecule has 10 aromatic rings. The van der Waals surface area contributed by atoms with Crippen LogP contribution in [0.25, 0.3) is 44.6 Å². The summed E-state index contributed by atoms with van der Waals surface area (Å²) in [6.07, 6.45) is 12.5. The molecule has 8 N–H and O–H groups in total. The molecule has 0 aliphatic carbocycles. The Morgan fingerprint density at radius 1 is 0.683 bits per heavy atom. The molecule has 5 heterocycles. The highest BCUT2D eigenvalue weighted by molar-refractivity contribution is 7.92. The summed E-state index contributed by atoms with van der Waals surface area (Å²) < 4.78 is 31.0. The molecule has 0 radical (unpaired) electrons. The van der Waals surface area contributed by atoms with E-state index in [2.05, 4.69) is 56.1 Å². The first-order valence-electron chi connectivity index (χ1n) is 25.2. The number of aliphatic hydroxyl groups is 1. The smallest absolute Gasteiger partial charge is 0.261 e. The molecule has 0 aliphatic rings. The number of sulfonamides is 1. The van der Waals surface area contributed by atoms with Gasteiger partial charge in [-0.25, -0.2) is 33.3 Å². The standard InChI is InChI=1S/C59H50Cl2N14O6S/c1-74(26-5-11-52(77)65-39-17-14-38(15-18-39)57(79)67-41-7-3-8-42(30-41)68-59-64-34-49(61)55(72-59)50-24-16-37-25-27-75(2)56(37)70-50)35-36-13-23-46-47(32-62-51(46)29-36)54-48(60)33-63-58(71-54)69-43-9-4-10-44(31-43)73-82(80,81)45-21-19-40(20-22-45)66-53(78)12-6-28-76/h3-25,27,29-34,62,73,76H,26,28,35H2,1-2H3,(H,65,77)(H,66,78)(H,67,79)(H,63,69,71)(H,64,68,72). The van der Waals surface area contributed by atoms with E-state index in [4.69, 9.17) is 38.3 Å². The summed E-state index contributed by atoms with van der Waals surface area (Å²) >= 11 is 13.2. The fourth-order valence-corrected chi connectivity index (χ4v) is 10.1. The lowest BCUT2D eigenvalue weighted by molar-refractivity contribution is -0.112. The fourth-order valence-electron chi connectivity index (χ4n) is 8.63. The Labute approximate surface area is 480 Å². The van der Waals surface area contributed by atoms with Crippen LogP contribution in [0.5, 0.6) is 0 Å². The summed E-state index contributed by atoms with van der Waals surface area (Å²) in [6.45, 7) is 0.780. The molecule has 23 heteroatoms. The summed E-state index contributed by atoms with van der Waals surface area (Å²) in [5, 5.41) is 26.1. The van der Waals surface area contributed by atoms with E-state index < -0.39 is 15.9 Å². The number of rotatable bonds is 20. The molecular weight excluding hydrogens is 1100 g/mol. The van der Waals surface area contributed by atoms with Crippen LogP contribution in [0.2, 0.25) is 10.0 Å². The zero-order valence-corrected chi connectivity index (χ0v) is 46.1. The number of amides is 3. The van der Waals surface area contributed by atoms with Gasteiger partial charge in [-0.15, -0.1) is 0 Å². The summed E-state index contributed by atoms with van der Waals surface area (Å²) in [6, 6.07) is 37.8. The van der Waals surface area contributed by atoms with E-state index >= 15 is 0 Å². The first-order chi connectivity index (χ1) is 39.6. The van der Waals surface area contributed by atoms with Gasteiger partial charge in [-0.2, -0.15) is 0 Å².